The summed E-state index contributed by atoms with van der Waals surface area (Å²) in [6.07, 6.45) is 58.3. The van der Waals surface area contributed by atoms with Crippen molar-refractivity contribution in [3.63, 3.8) is 0 Å². The highest BCUT2D eigenvalue weighted by Gasteiger charge is 2.30. The van der Waals surface area contributed by atoms with E-state index in [1.807, 2.05) is 0 Å². The molecule has 0 aliphatic rings. The van der Waals surface area contributed by atoms with Gasteiger partial charge >= 0.3 is 39.5 Å². The molecule has 0 aliphatic heterocycles. The largest absolute Gasteiger partial charge is 0.472 e. The van der Waals surface area contributed by atoms with Crippen LogP contribution in [0.3, 0.4) is 0 Å². The molecule has 5 unspecified atom stereocenters. The van der Waals surface area contributed by atoms with E-state index in [1.54, 1.807) is 0 Å². The minimum atomic E-state index is -4.96. The van der Waals surface area contributed by atoms with Crippen LogP contribution in [-0.4, -0.2) is 96.7 Å². The van der Waals surface area contributed by atoms with Crippen LogP contribution < -0.4 is 0 Å². The fourth-order valence-corrected chi connectivity index (χ4v) is 14.1. The molecule has 600 valence electrons. The summed E-state index contributed by atoms with van der Waals surface area (Å²) in [5.41, 5.74) is 0. The molecule has 0 radical (unpaired) electrons. The van der Waals surface area contributed by atoms with Crippen molar-refractivity contribution in [2.75, 3.05) is 39.6 Å². The Kier molecular flexibility index (Phi) is 69.6. The van der Waals surface area contributed by atoms with Crippen LogP contribution in [0.4, 0.5) is 0 Å². The van der Waals surface area contributed by atoms with Gasteiger partial charge in [0.2, 0.25) is 0 Å². The number of rotatable bonds is 79. The van der Waals surface area contributed by atoms with Crippen molar-refractivity contribution in [1.29, 1.82) is 0 Å². The molecule has 0 spiro atoms. The van der Waals surface area contributed by atoms with Crippen LogP contribution in [-0.2, 0) is 65.4 Å². The van der Waals surface area contributed by atoms with Gasteiger partial charge in [-0.25, -0.2) is 9.13 Å². The number of carbonyl (C=O) groups excluding carboxylic acids is 4. The summed E-state index contributed by atoms with van der Waals surface area (Å²) >= 11 is 0. The summed E-state index contributed by atoms with van der Waals surface area (Å²) in [7, 11) is -9.92. The summed E-state index contributed by atoms with van der Waals surface area (Å²) in [6.45, 7) is 14.3. The molecule has 3 N–H and O–H groups in total. The molecular weight excluding hydrogens is 1320 g/mol. The van der Waals surface area contributed by atoms with Gasteiger partial charge < -0.3 is 33.8 Å². The zero-order valence-electron chi connectivity index (χ0n) is 66.5. The van der Waals surface area contributed by atoms with Crippen LogP contribution in [0.1, 0.15) is 421 Å². The Balaban J connectivity index is 5.20. The van der Waals surface area contributed by atoms with Crippen LogP contribution in [0.2, 0.25) is 0 Å². The number of hydrogen-bond donors (Lipinski definition) is 3. The number of aliphatic hydroxyl groups excluding tert-OH is 1. The molecule has 0 amide bonds. The molecule has 0 saturated heterocycles. The van der Waals surface area contributed by atoms with E-state index in [1.165, 1.54) is 218 Å². The summed E-state index contributed by atoms with van der Waals surface area (Å²) in [6, 6.07) is 0. The van der Waals surface area contributed by atoms with Crippen LogP contribution in [0, 0.1) is 23.7 Å². The molecule has 0 aromatic rings. The topological polar surface area (TPSA) is 237 Å². The number of hydrogen-bond acceptors (Lipinski definition) is 15. The fourth-order valence-electron chi connectivity index (χ4n) is 12.5. The summed E-state index contributed by atoms with van der Waals surface area (Å²) in [4.78, 5) is 73.0. The van der Waals surface area contributed by atoms with Gasteiger partial charge in [0, 0.05) is 25.7 Å². The molecule has 0 rings (SSSR count). The highest BCUT2D eigenvalue weighted by Crippen LogP contribution is 2.45. The molecule has 0 aromatic carbocycles. The van der Waals surface area contributed by atoms with Gasteiger partial charge in [0.15, 0.2) is 12.2 Å². The third-order valence-corrected chi connectivity index (χ3v) is 21.7. The van der Waals surface area contributed by atoms with Gasteiger partial charge in [-0.15, -0.1) is 0 Å². The molecule has 0 aromatic heterocycles. The van der Waals surface area contributed by atoms with Gasteiger partial charge in [0.05, 0.1) is 26.4 Å². The molecular formula is C82H160O17P2. The van der Waals surface area contributed by atoms with E-state index in [-0.39, 0.29) is 25.7 Å². The van der Waals surface area contributed by atoms with Gasteiger partial charge in [-0.1, -0.05) is 370 Å². The SMILES string of the molecule is CCC(C)CCCCCCCCCCCCCCCCCCCCC(=O)OC[C@H](COP(=O)(O)OCC(O)COP(=O)(O)OC[C@@H](COC(=O)CCCCCCCCCC(C)C)OC(=O)CCCCCCCCCCCCCCC(C)C)OC(=O)CCCCCCCCCCCCC(C)CC. The van der Waals surface area contributed by atoms with Gasteiger partial charge in [0.25, 0.3) is 0 Å². The molecule has 17 nitrogen and oxygen atoms in total. The Morgan fingerprint density at radius 3 is 0.703 bits per heavy atom. The maximum atomic E-state index is 13.1. The minimum Gasteiger partial charge on any atom is -0.462 e. The molecule has 101 heavy (non-hydrogen) atoms. The zero-order chi connectivity index (χ0) is 74.6. The van der Waals surface area contributed by atoms with E-state index in [2.05, 4.69) is 55.4 Å². The average molecular weight is 1480 g/mol. The number of phosphoric ester groups is 2. The first-order valence-corrected chi connectivity index (χ1v) is 45.3. The van der Waals surface area contributed by atoms with Crippen molar-refractivity contribution in [1.82, 2.24) is 0 Å². The molecule has 0 saturated carbocycles. The van der Waals surface area contributed by atoms with Gasteiger partial charge in [-0.3, -0.25) is 37.3 Å². The predicted octanol–water partition coefficient (Wildman–Crippen LogP) is 24.4. The second-order valence-electron chi connectivity index (χ2n) is 31.0. The quantitative estimate of drug-likeness (QED) is 0.0222. The first-order chi connectivity index (χ1) is 48.7. The second-order valence-corrected chi connectivity index (χ2v) is 33.9. The van der Waals surface area contributed by atoms with Crippen molar-refractivity contribution in [2.24, 2.45) is 23.7 Å². The van der Waals surface area contributed by atoms with E-state index in [0.29, 0.717) is 31.6 Å². The smallest absolute Gasteiger partial charge is 0.462 e. The molecule has 0 bridgehead atoms. The van der Waals surface area contributed by atoms with Crippen LogP contribution >= 0.6 is 15.6 Å². The Hall–Kier alpha value is -1.94. The van der Waals surface area contributed by atoms with Crippen molar-refractivity contribution in [3.05, 3.63) is 0 Å². The van der Waals surface area contributed by atoms with Gasteiger partial charge in [-0.05, 0) is 49.4 Å². The number of phosphoric acid groups is 2. The van der Waals surface area contributed by atoms with E-state index in [0.717, 1.165) is 114 Å². The molecule has 0 fully saturated rings. The molecule has 0 heterocycles. The number of ether oxygens (including phenoxy) is 4. The van der Waals surface area contributed by atoms with E-state index in [4.69, 9.17) is 37.0 Å². The molecule has 19 heteroatoms. The molecule has 7 atom stereocenters. The lowest BCUT2D eigenvalue weighted by Crippen LogP contribution is -2.30. The standard InChI is InChI=1S/C82H160O17P2/c1-9-74(7)60-52-44-36-28-22-17-15-13-11-12-14-16-18-23-30-38-46-54-62-79(84)92-68-77(98-82(87)65-57-49-40-32-26-25-29-37-45-53-61-75(8)10-2)70-96-100(88,89)94-66-76(83)67-95-101(90,91)97-71-78(69-93-80(85)63-55-47-41-33-35-43-51-59-73(5)6)99-81(86)64-56-48-39-31-24-20-19-21-27-34-42-50-58-72(3)4/h72-78,83H,9-71H2,1-8H3,(H,88,89)(H,90,91)/t74?,75?,76?,77-,78-/m1/s1. The maximum absolute atomic E-state index is 13.1. The van der Waals surface area contributed by atoms with E-state index in [9.17, 15) is 43.2 Å². The third-order valence-electron chi connectivity index (χ3n) is 19.8. The number of esters is 4. The highest BCUT2D eigenvalue weighted by molar-refractivity contribution is 7.47. The Bertz CT molecular complexity index is 1980. The molecule has 0 aliphatic carbocycles. The Labute approximate surface area is 619 Å². The van der Waals surface area contributed by atoms with E-state index >= 15 is 0 Å². The Morgan fingerprint density at radius 1 is 0.277 bits per heavy atom. The maximum Gasteiger partial charge on any atom is 0.472 e. The fraction of sp³-hybridized carbons (Fsp3) is 0.951. The number of carbonyl (C=O) groups is 4. The first kappa shape index (κ1) is 99.1. The van der Waals surface area contributed by atoms with Crippen LogP contribution in [0.15, 0.2) is 0 Å². The zero-order valence-corrected chi connectivity index (χ0v) is 68.3. The van der Waals surface area contributed by atoms with Crippen LogP contribution in [0.5, 0.6) is 0 Å². The van der Waals surface area contributed by atoms with Gasteiger partial charge in [0.1, 0.15) is 19.3 Å². The normalized spacial score (nSPS) is 14.5. The van der Waals surface area contributed by atoms with Crippen molar-refractivity contribution in [2.45, 2.75) is 440 Å². The summed E-state index contributed by atoms with van der Waals surface area (Å²) < 4.78 is 68.7. The predicted molar refractivity (Wildman–Crippen MR) is 414 cm³/mol. The monoisotopic (exact) mass is 1480 g/mol. The lowest BCUT2D eigenvalue weighted by molar-refractivity contribution is -0.161. The second kappa shape index (κ2) is 71.0. The van der Waals surface area contributed by atoms with Crippen molar-refractivity contribution >= 4 is 39.5 Å². The number of aliphatic hydroxyl groups is 1. The van der Waals surface area contributed by atoms with Crippen LogP contribution in [0.25, 0.3) is 0 Å². The highest BCUT2D eigenvalue weighted by atomic mass is 31.2. The van der Waals surface area contributed by atoms with Gasteiger partial charge in [-0.2, -0.15) is 0 Å². The van der Waals surface area contributed by atoms with Crippen molar-refractivity contribution < 1.29 is 80.2 Å². The summed E-state index contributed by atoms with van der Waals surface area (Å²) in [5.74, 6) is 1.04. The van der Waals surface area contributed by atoms with E-state index < -0.39 is 97.5 Å². The Morgan fingerprint density at radius 2 is 0.475 bits per heavy atom. The number of unbranched alkanes of at least 4 members (excludes halogenated alkanes) is 43. The van der Waals surface area contributed by atoms with Crippen molar-refractivity contribution in [3.8, 4) is 0 Å². The first-order valence-electron chi connectivity index (χ1n) is 42.3. The lowest BCUT2D eigenvalue weighted by Gasteiger charge is -2.21. The minimum absolute atomic E-state index is 0.106. The third kappa shape index (κ3) is 73.4. The summed E-state index contributed by atoms with van der Waals surface area (Å²) in [5, 5.41) is 10.6. The average Bonchev–Trinajstić information content (AvgIpc) is 0.966. The lowest BCUT2D eigenvalue weighted by atomic mass is 9.99.